The van der Waals surface area contributed by atoms with Crippen molar-refractivity contribution in [3.05, 3.63) is 29.6 Å². The van der Waals surface area contributed by atoms with E-state index in [1.54, 1.807) is 0 Å². The molecule has 0 N–H and O–H groups in total. The summed E-state index contributed by atoms with van der Waals surface area (Å²) < 4.78 is 0. The first kappa shape index (κ1) is 14.2. The molecular formula is C16H27N. The molecule has 0 aliphatic carbocycles. The van der Waals surface area contributed by atoms with Gasteiger partial charge in [0.15, 0.2) is 0 Å². The lowest BCUT2D eigenvalue weighted by atomic mass is 9.67. The Hall–Kier alpha value is -0.850. The zero-order valence-corrected chi connectivity index (χ0v) is 12.7. The van der Waals surface area contributed by atoms with Crippen LogP contribution in [-0.4, -0.2) is 4.98 Å². The van der Waals surface area contributed by atoms with Crippen molar-refractivity contribution >= 4 is 0 Å². The van der Waals surface area contributed by atoms with Crippen molar-refractivity contribution in [2.24, 2.45) is 5.41 Å². The van der Waals surface area contributed by atoms with Gasteiger partial charge in [-0.25, -0.2) is 0 Å². The van der Waals surface area contributed by atoms with Gasteiger partial charge < -0.3 is 0 Å². The summed E-state index contributed by atoms with van der Waals surface area (Å²) in [5.74, 6) is 0. The van der Waals surface area contributed by atoms with Crippen LogP contribution in [0.3, 0.4) is 0 Å². The average molecular weight is 233 g/mol. The van der Waals surface area contributed by atoms with E-state index in [0.29, 0.717) is 0 Å². The third-order valence-electron chi connectivity index (χ3n) is 4.14. The number of hydrogen-bond donors (Lipinski definition) is 0. The summed E-state index contributed by atoms with van der Waals surface area (Å²) in [7, 11) is 0. The number of pyridine rings is 1. The Morgan fingerprint density at radius 1 is 0.824 bits per heavy atom. The number of hydrogen-bond acceptors (Lipinski definition) is 1. The van der Waals surface area contributed by atoms with Crippen molar-refractivity contribution < 1.29 is 0 Å². The molecule has 1 heteroatoms. The molecule has 0 saturated heterocycles. The van der Waals surface area contributed by atoms with E-state index in [1.807, 2.05) is 6.20 Å². The van der Waals surface area contributed by atoms with Gasteiger partial charge >= 0.3 is 0 Å². The van der Waals surface area contributed by atoms with Crippen molar-refractivity contribution in [1.29, 1.82) is 0 Å². The maximum atomic E-state index is 4.68. The molecule has 0 fully saturated rings. The van der Waals surface area contributed by atoms with Gasteiger partial charge in [0.25, 0.3) is 0 Å². The standard InChI is InChI=1S/C16H27N/c1-14(2,3)12-9-10-13(17-11-12)16(7,8)15(4,5)6/h9-11H,1-8H3. The maximum absolute atomic E-state index is 4.68. The molecule has 1 nitrogen and oxygen atoms in total. The van der Waals surface area contributed by atoms with E-state index in [0.717, 1.165) is 0 Å². The maximum Gasteiger partial charge on any atom is 0.0465 e. The Labute approximate surface area is 107 Å². The highest BCUT2D eigenvalue weighted by molar-refractivity contribution is 5.25. The van der Waals surface area contributed by atoms with Gasteiger partial charge in [0.1, 0.15) is 0 Å². The number of rotatable bonds is 1. The quantitative estimate of drug-likeness (QED) is 0.685. The Morgan fingerprint density at radius 2 is 1.35 bits per heavy atom. The molecule has 0 atom stereocenters. The SMILES string of the molecule is CC(C)(C)c1ccc(C(C)(C)C(C)(C)C)nc1. The predicted octanol–water partition coefficient (Wildman–Crippen LogP) is 4.70. The van der Waals surface area contributed by atoms with Crippen molar-refractivity contribution in [3.63, 3.8) is 0 Å². The average Bonchev–Trinajstić information content (AvgIpc) is 2.15. The molecule has 0 saturated carbocycles. The molecule has 0 spiro atoms. The van der Waals surface area contributed by atoms with Gasteiger partial charge in [0.05, 0.1) is 0 Å². The molecule has 1 aromatic heterocycles. The van der Waals surface area contributed by atoms with E-state index < -0.39 is 0 Å². The minimum atomic E-state index is 0.0867. The van der Waals surface area contributed by atoms with Crippen molar-refractivity contribution in [2.45, 2.75) is 66.2 Å². The van der Waals surface area contributed by atoms with Crippen LogP contribution in [0.2, 0.25) is 0 Å². The molecule has 0 aromatic carbocycles. The molecule has 17 heavy (non-hydrogen) atoms. The minimum Gasteiger partial charge on any atom is -0.260 e. The third kappa shape index (κ3) is 2.88. The van der Waals surface area contributed by atoms with Gasteiger partial charge in [-0.2, -0.15) is 0 Å². The van der Waals surface area contributed by atoms with E-state index in [1.165, 1.54) is 11.3 Å². The van der Waals surface area contributed by atoms with Crippen LogP contribution in [0.15, 0.2) is 18.3 Å². The van der Waals surface area contributed by atoms with Crippen LogP contribution in [-0.2, 0) is 10.8 Å². The lowest BCUT2D eigenvalue weighted by Crippen LogP contribution is -2.34. The minimum absolute atomic E-state index is 0.0867. The molecular weight excluding hydrogens is 206 g/mol. The van der Waals surface area contributed by atoms with Gasteiger partial charge in [-0.05, 0) is 22.5 Å². The summed E-state index contributed by atoms with van der Waals surface area (Å²) in [5, 5.41) is 0. The van der Waals surface area contributed by atoms with Crippen LogP contribution in [0.4, 0.5) is 0 Å². The normalized spacial score (nSPS) is 13.9. The van der Waals surface area contributed by atoms with Gasteiger partial charge in [-0.15, -0.1) is 0 Å². The van der Waals surface area contributed by atoms with E-state index in [2.05, 4.69) is 72.5 Å². The third-order valence-corrected chi connectivity index (χ3v) is 4.14. The highest BCUT2D eigenvalue weighted by atomic mass is 14.7. The lowest BCUT2D eigenvalue weighted by molar-refractivity contribution is 0.219. The predicted molar refractivity (Wildman–Crippen MR) is 75.4 cm³/mol. The fraction of sp³-hybridized carbons (Fsp3) is 0.688. The molecule has 1 aromatic rings. The summed E-state index contributed by atoms with van der Waals surface area (Å²) in [5.41, 5.74) is 2.95. The Kier molecular flexibility index (Phi) is 3.44. The van der Waals surface area contributed by atoms with Gasteiger partial charge in [0, 0.05) is 17.3 Å². The Balaban J connectivity index is 3.12. The Morgan fingerprint density at radius 3 is 1.65 bits per heavy atom. The van der Waals surface area contributed by atoms with Crippen LogP contribution in [0.1, 0.15) is 66.6 Å². The summed E-state index contributed by atoms with van der Waals surface area (Å²) in [6.45, 7) is 18.0. The molecule has 0 unspecified atom stereocenters. The van der Waals surface area contributed by atoms with Crippen LogP contribution in [0, 0.1) is 5.41 Å². The van der Waals surface area contributed by atoms with E-state index in [4.69, 9.17) is 0 Å². The van der Waals surface area contributed by atoms with Gasteiger partial charge in [-0.1, -0.05) is 61.5 Å². The molecule has 0 aliphatic rings. The van der Waals surface area contributed by atoms with E-state index >= 15 is 0 Å². The Bertz CT molecular complexity index is 371. The fourth-order valence-corrected chi connectivity index (χ4v) is 1.59. The smallest absolute Gasteiger partial charge is 0.0465 e. The molecule has 0 radical (unpaired) electrons. The summed E-state index contributed by atoms with van der Waals surface area (Å²) in [6, 6.07) is 4.40. The molecule has 1 heterocycles. The summed E-state index contributed by atoms with van der Waals surface area (Å²) in [4.78, 5) is 4.68. The first-order valence-electron chi connectivity index (χ1n) is 6.43. The highest BCUT2D eigenvalue weighted by Crippen LogP contribution is 2.40. The van der Waals surface area contributed by atoms with Crippen LogP contribution in [0.5, 0.6) is 0 Å². The summed E-state index contributed by atoms with van der Waals surface area (Å²) >= 11 is 0. The monoisotopic (exact) mass is 233 g/mol. The first-order chi connectivity index (χ1) is 7.46. The van der Waals surface area contributed by atoms with Crippen molar-refractivity contribution in [3.8, 4) is 0 Å². The summed E-state index contributed by atoms with van der Waals surface area (Å²) in [6.07, 6.45) is 2.03. The van der Waals surface area contributed by atoms with Gasteiger partial charge in [0.2, 0.25) is 0 Å². The molecule has 96 valence electrons. The first-order valence-corrected chi connectivity index (χ1v) is 6.43. The van der Waals surface area contributed by atoms with Gasteiger partial charge in [-0.3, -0.25) is 4.98 Å². The largest absolute Gasteiger partial charge is 0.260 e. The molecule has 1 rings (SSSR count). The zero-order chi connectivity index (χ0) is 13.5. The number of nitrogens with zero attached hydrogens (tertiary/aromatic N) is 1. The molecule has 0 bridgehead atoms. The molecule has 0 aliphatic heterocycles. The second-order valence-electron chi connectivity index (χ2n) is 7.56. The second kappa shape index (κ2) is 4.12. The van der Waals surface area contributed by atoms with Crippen LogP contribution in [0.25, 0.3) is 0 Å². The van der Waals surface area contributed by atoms with Crippen LogP contribution < -0.4 is 0 Å². The van der Waals surface area contributed by atoms with E-state index in [-0.39, 0.29) is 16.2 Å². The van der Waals surface area contributed by atoms with Crippen molar-refractivity contribution in [1.82, 2.24) is 4.98 Å². The highest BCUT2D eigenvalue weighted by Gasteiger charge is 2.35. The lowest BCUT2D eigenvalue weighted by Gasteiger charge is -2.38. The second-order valence-corrected chi connectivity index (χ2v) is 7.56. The fourth-order valence-electron chi connectivity index (χ4n) is 1.59. The van der Waals surface area contributed by atoms with Crippen LogP contribution >= 0.6 is 0 Å². The van der Waals surface area contributed by atoms with E-state index in [9.17, 15) is 0 Å². The topological polar surface area (TPSA) is 12.9 Å². The molecule has 0 amide bonds. The zero-order valence-electron chi connectivity index (χ0n) is 12.7. The van der Waals surface area contributed by atoms with Crippen molar-refractivity contribution in [2.75, 3.05) is 0 Å². The number of aromatic nitrogens is 1.